The van der Waals surface area contributed by atoms with Crippen molar-refractivity contribution in [1.29, 1.82) is 0 Å². The number of rotatable bonds is 5. The molecule has 0 radical (unpaired) electrons. The predicted octanol–water partition coefficient (Wildman–Crippen LogP) is 5.91. The Morgan fingerprint density at radius 3 is 2.57 bits per heavy atom. The number of nitrogens with zero attached hydrogens (tertiary/aromatic N) is 4. The number of nitrogens with one attached hydrogen (secondary N) is 1. The molecule has 2 heterocycles. The summed E-state index contributed by atoms with van der Waals surface area (Å²) in [6.07, 6.45) is 1.36. The van der Waals surface area contributed by atoms with E-state index in [0.29, 0.717) is 12.4 Å². The molecule has 0 fully saturated rings. The van der Waals surface area contributed by atoms with Crippen LogP contribution in [0.3, 0.4) is 0 Å². The molecule has 5 rings (SSSR count). The minimum Gasteiger partial charge on any atom is -0.378 e. The monoisotopic (exact) mass is 487 g/mol. The number of anilines is 2. The van der Waals surface area contributed by atoms with Gasteiger partial charge in [0.25, 0.3) is 0 Å². The average Bonchev–Trinajstić information content (AvgIpc) is 3.20. The molecule has 0 amide bonds. The lowest BCUT2D eigenvalue weighted by molar-refractivity contribution is -0.118. The third-order valence-electron chi connectivity index (χ3n) is 6.90. The van der Waals surface area contributed by atoms with Gasteiger partial charge in [-0.25, -0.2) is 4.68 Å². The minimum absolute atomic E-state index is 0.0787. The van der Waals surface area contributed by atoms with Crippen LogP contribution in [0.25, 0.3) is 0 Å². The van der Waals surface area contributed by atoms with Gasteiger partial charge in [0.2, 0.25) is 11.1 Å². The lowest BCUT2D eigenvalue weighted by atomic mass is 9.73. The fourth-order valence-corrected chi connectivity index (χ4v) is 5.90. The molecule has 182 valence electrons. The molecule has 0 spiro atoms. The zero-order chi connectivity index (χ0) is 24.9. The SMILES string of the molecule is Cc1ccc(C)c(CSc2nc3n(n2)[C@H](c2ccc(N(C)C)cc2)C2=C(CC(C)(C)CC2=O)N3)c1. The molecule has 1 N–H and O–H groups in total. The number of hydrogen-bond acceptors (Lipinski definition) is 6. The number of carbonyl (C=O) groups excluding carboxylic acids is 1. The number of carbonyl (C=O) groups is 1. The summed E-state index contributed by atoms with van der Waals surface area (Å²) < 4.78 is 1.91. The van der Waals surface area contributed by atoms with Crippen molar-refractivity contribution in [1.82, 2.24) is 14.8 Å². The van der Waals surface area contributed by atoms with E-state index in [1.54, 1.807) is 11.8 Å². The first-order valence-corrected chi connectivity index (χ1v) is 13.1. The van der Waals surface area contributed by atoms with Crippen LogP contribution in [0.5, 0.6) is 0 Å². The van der Waals surface area contributed by atoms with Crippen LogP contribution in [0.1, 0.15) is 55.0 Å². The number of hydrogen-bond donors (Lipinski definition) is 1. The van der Waals surface area contributed by atoms with Crippen molar-refractivity contribution in [2.24, 2.45) is 5.41 Å². The zero-order valence-electron chi connectivity index (χ0n) is 21.3. The minimum atomic E-state index is -0.274. The highest BCUT2D eigenvalue weighted by atomic mass is 32.2. The number of aryl methyl sites for hydroxylation is 2. The molecule has 3 aromatic rings. The Hall–Kier alpha value is -3.06. The van der Waals surface area contributed by atoms with Gasteiger partial charge in [-0.15, -0.1) is 5.10 Å². The van der Waals surface area contributed by atoms with Crippen molar-refractivity contribution >= 4 is 29.2 Å². The first-order chi connectivity index (χ1) is 16.6. The van der Waals surface area contributed by atoms with Crippen molar-refractivity contribution in [3.8, 4) is 0 Å². The molecule has 1 aliphatic heterocycles. The van der Waals surface area contributed by atoms with Gasteiger partial charge >= 0.3 is 0 Å². The Labute approximate surface area is 211 Å². The van der Waals surface area contributed by atoms with Gasteiger partial charge in [-0.2, -0.15) is 4.98 Å². The van der Waals surface area contributed by atoms with E-state index >= 15 is 0 Å². The average molecular weight is 488 g/mol. The second-order valence-electron chi connectivity index (χ2n) is 10.7. The largest absolute Gasteiger partial charge is 0.378 e. The molecule has 1 aliphatic carbocycles. The van der Waals surface area contributed by atoms with Crippen LogP contribution in [-0.4, -0.2) is 34.6 Å². The fourth-order valence-electron chi connectivity index (χ4n) is 5.01. The summed E-state index contributed by atoms with van der Waals surface area (Å²) in [7, 11) is 4.06. The van der Waals surface area contributed by atoms with Gasteiger partial charge in [0.15, 0.2) is 5.78 Å². The molecular weight excluding hydrogens is 454 g/mol. The smallest absolute Gasteiger partial charge is 0.227 e. The number of allylic oxidation sites excluding steroid dienone is 2. The van der Waals surface area contributed by atoms with Crippen LogP contribution in [0, 0.1) is 19.3 Å². The Morgan fingerprint density at radius 2 is 1.86 bits per heavy atom. The van der Waals surface area contributed by atoms with Gasteiger partial charge in [-0.3, -0.25) is 4.79 Å². The Balaban J connectivity index is 1.52. The summed E-state index contributed by atoms with van der Waals surface area (Å²) in [6.45, 7) is 8.57. The molecule has 2 aromatic carbocycles. The summed E-state index contributed by atoms with van der Waals surface area (Å²) in [5.41, 5.74) is 7.72. The quantitative estimate of drug-likeness (QED) is 0.451. The maximum absolute atomic E-state index is 13.4. The number of ketones is 1. The summed E-state index contributed by atoms with van der Waals surface area (Å²) in [4.78, 5) is 20.4. The first kappa shape index (κ1) is 23.7. The fraction of sp³-hybridized carbons (Fsp3) is 0.393. The molecule has 1 aromatic heterocycles. The van der Waals surface area contributed by atoms with Gasteiger partial charge in [0, 0.05) is 43.2 Å². The predicted molar refractivity (Wildman–Crippen MR) is 143 cm³/mol. The molecular formula is C28H33N5OS. The highest BCUT2D eigenvalue weighted by Gasteiger charge is 2.41. The molecule has 1 atom stereocenters. The van der Waals surface area contributed by atoms with Gasteiger partial charge in [0.05, 0.1) is 0 Å². The number of thioether (sulfide) groups is 1. The maximum Gasteiger partial charge on any atom is 0.227 e. The summed E-state index contributed by atoms with van der Waals surface area (Å²) >= 11 is 1.63. The second-order valence-corrected chi connectivity index (χ2v) is 11.7. The van der Waals surface area contributed by atoms with Crippen LogP contribution in [0.15, 0.2) is 58.9 Å². The number of aromatic nitrogens is 3. The van der Waals surface area contributed by atoms with E-state index < -0.39 is 0 Å². The van der Waals surface area contributed by atoms with E-state index in [9.17, 15) is 4.79 Å². The van der Waals surface area contributed by atoms with Crippen molar-refractivity contribution < 1.29 is 4.79 Å². The molecule has 2 aliphatic rings. The van der Waals surface area contributed by atoms with Crippen LogP contribution in [-0.2, 0) is 10.5 Å². The molecule has 0 unspecified atom stereocenters. The van der Waals surface area contributed by atoms with E-state index in [4.69, 9.17) is 10.1 Å². The van der Waals surface area contributed by atoms with E-state index in [-0.39, 0.29) is 17.2 Å². The van der Waals surface area contributed by atoms with Gasteiger partial charge < -0.3 is 10.2 Å². The van der Waals surface area contributed by atoms with E-state index in [2.05, 4.69) is 80.4 Å². The molecule has 6 nitrogen and oxygen atoms in total. The van der Waals surface area contributed by atoms with Crippen LogP contribution >= 0.6 is 11.8 Å². The van der Waals surface area contributed by atoms with Crippen molar-refractivity contribution in [3.05, 3.63) is 76.0 Å². The lowest BCUT2D eigenvalue weighted by Crippen LogP contribution is -2.36. The number of Topliss-reactive ketones (excluding diaryl/α,β-unsaturated/α-hetero) is 1. The molecule has 7 heteroatoms. The molecule has 35 heavy (non-hydrogen) atoms. The van der Waals surface area contributed by atoms with Crippen LogP contribution in [0.2, 0.25) is 0 Å². The van der Waals surface area contributed by atoms with E-state index in [1.165, 1.54) is 16.7 Å². The maximum atomic E-state index is 13.4. The van der Waals surface area contributed by atoms with Gasteiger partial charge in [-0.05, 0) is 54.5 Å². The zero-order valence-corrected chi connectivity index (χ0v) is 22.2. The highest BCUT2D eigenvalue weighted by molar-refractivity contribution is 7.98. The lowest BCUT2D eigenvalue weighted by Gasteiger charge is -2.38. The second kappa shape index (κ2) is 8.86. The standard InChI is InChI=1S/C28H33N5OS/c1-17-7-8-18(2)20(13-17)16-35-27-30-26-29-22-14-28(3,4)15-23(34)24(22)25(33(26)31-27)19-9-11-21(12-10-19)32(5)6/h7-13,25H,14-16H2,1-6H3,(H,29,30,31)/t25-/m1/s1. The Bertz CT molecular complexity index is 1320. The topological polar surface area (TPSA) is 63.1 Å². The number of benzene rings is 2. The van der Waals surface area contributed by atoms with E-state index in [1.807, 2.05) is 18.8 Å². The Kier molecular flexibility index (Phi) is 5.99. The van der Waals surface area contributed by atoms with Crippen molar-refractivity contribution in [2.75, 3.05) is 24.3 Å². The van der Waals surface area contributed by atoms with Gasteiger partial charge in [-0.1, -0.05) is 61.5 Å². The third kappa shape index (κ3) is 4.61. The third-order valence-corrected chi connectivity index (χ3v) is 7.79. The van der Waals surface area contributed by atoms with Gasteiger partial charge in [0.1, 0.15) is 6.04 Å². The summed E-state index contributed by atoms with van der Waals surface area (Å²) in [5.74, 6) is 1.70. The first-order valence-electron chi connectivity index (χ1n) is 12.1. The normalized spacial score (nSPS) is 18.7. The van der Waals surface area contributed by atoms with Crippen LogP contribution < -0.4 is 10.2 Å². The Morgan fingerprint density at radius 1 is 1.11 bits per heavy atom. The van der Waals surface area contributed by atoms with Crippen molar-refractivity contribution in [2.45, 2.75) is 57.5 Å². The number of fused-ring (bicyclic) bond motifs is 1. The molecule has 0 bridgehead atoms. The van der Waals surface area contributed by atoms with Crippen molar-refractivity contribution in [3.63, 3.8) is 0 Å². The molecule has 0 saturated carbocycles. The van der Waals surface area contributed by atoms with Crippen LogP contribution in [0.4, 0.5) is 11.6 Å². The summed E-state index contributed by atoms with van der Waals surface area (Å²) in [5, 5.41) is 9.10. The molecule has 0 saturated heterocycles. The van der Waals surface area contributed by atoms with E-state index in [0.717, 1.165) is 39.9 Å². The highest BCUT2D eigenvalue weighted by Crippen LogP contribution is 2.45. The summed E-state index contributed by atoms with van der Waals surface area (Å²) in [6, 6.07) is 14.7.